The number of nitrogens with one attached hydrogen (secondary N) is 3. The first kappa shape index (κ1) is 17.4. The molecule has 0 bridgehead atoms. The van der Waals surface area contributed by atoms with E-state index in [9.17, 15) is 9.18 Å². The third-order valence-corrected chi connectivity index (χ3v) is 3.66. The topological polar surface area (TPSA) is 105 Å². The van der Waals surface area contributed by atoms with Crippen molar-refractivity contribution in [1.82, 2.24) is 15.4 Å². The number of anilines is 4. The summed E-state index contributed by atoms with van der Waals surface area (Å²) in [6, 6.07) is 12.6. The molecule has 7 nitrogen and oxygen atoms in total. The van der Waals surface area contributed by atoms with Crippen LogP contribution < -0.4 is 21.9 Å². The highest BCUT2D eigenvalue weighted by Gasteiger charge is 2.13. The SMILES string of the molecule is Nc1c(NNC(=O)c2ccccc2F)ncnc1Nc1ccc(Cl)cc1. The summed E-state index contributed by atoms with van der Waals surface area (Å²) in [5.74, 6) is -0.785. The van der Waals surface area contributed by atoms with Gasteiger partial charge in [0.2, 0.25) is 0 Å². The summed E-state index contributed by atoms with van der Waals surface area (Å²) in [5, 5.41) is 3.62. The van der Waals surface area contributed by atoms with E-state index in [0.717, 1.165) is 5.69 Å². The lowest BCUT2D eigenvalue weighted by Gasteiger charge is -2.13. The van der Waals surface area contributed by atoms with Crippen LogP contribution in [0.2, 0.25) is 5.02 Å². The van der Waals surface area contributed by atoms with Gasteiger partial charge in [-0.1, -0.05) is 23.7 Å². The van der Waals surface area contributed by atoms with E-state index in [0.29, 0.717) is 10.8 Å². The molecule has 0 atom stereocenters. The van der Waals surface area contributed by atoms with Gasteiger partial charge in [-0.05, 0) is 36.4 Å². The van der Waals surface area contributed by atoms with E-state index >= 15 is 0 Å². The van der Waals surface area contributed by atoms with Gasteiger partial charge in [-0.3, -0.25) is 15.6 Å². The van der Waals surface area contributed by atoms with Gasteiger partial charge in [0.25, 0.3) is 5.91 Å². The number of rotatable bonds is 5. The second-order valence-corrected chi connectivity index (χ2v) is 5.61. The maximum absolute atomic E-state index is 13.6. The van der Waals surface area contributed by atoms with Crippen molar-refractivity contribution in [2.45, 2.75) is 0 Å². The number of nitrogen functional groups attached to an aromatic ring is 1. The minimum absolute atomic E-state index is 0.104. The fraction of sp³-hybridized carbons (Fsp3) is 0. The van der Waals surface area contributed by atoms with Gasteiger partial charge in [0.15, 0.2) is 11.6 Å². The zero-order valence-corrected chi connectivity index (χ0v) is 14.1. The Balaban J connectivity index is 1.72. The van der Waals surface area contributed by atoms with Crippen molar-refractivity contribution in [3.8, 4) is 0 Å². The summed E-state index contributed by atoms with van der Waals surface area (Å²) in [6.07, 6.45) is 1.27. The molecule has 132 valence electrons. The van der Waals surface area contributed by atoms with Crippen LogP contribution in [0.4, 0.5) is 27.4 Å². The molecule has 0 fully saturated rings. The number of aromatic nitrogens is 2. The standard InChI is InChI=1S/C17H14ClFN6O/c18-10-5-7-11(8-6-10)23-15-14(20)16(22-9-21-15)24-25-17(26)12-3-1-2-4-13(12)19/h1-9H,20H2,(H,25,26)(H2,21,22,23,24). The van der Waals surface area contributed by atoms with Gasteiger partial charge in [-0.15, -0.1) is 0 Å². The number of hydrogen-bond acceptors (Lipinski definition) is 6. The molecule has 0 unspecified atom stereocenters. The fourth-order valence-electron chi connectivity index (χ4n) is 2.09. The molecule has 3 rings (SSSR count). The number of carbonyl (C=O) groups is 1. The van der Waals surface area contributed by atoms with Crippen molar-refractivity contribution in [2.24, 2.45) is 0 Å². The normalized spacial score (nSPS) is 10.2. The Morgan fingerprint density at radius 2 is 1.73 bits per heavy atom. The molecule has 2 aromatic carbocycles. The molecule has 1 aromatic heterocycles. The monoisotopic (exact) mass is 372 g/mol. The number of amides is 1. The van der Waals surface area contributed by atoms with Crippen molar-refractivity contribution in [1.29, 1.82) is 0 Å². The summed E-state index contributed by atoms with van der Waals surface area (Å²) in [7, 11) is 0. The maximum Gasteiger partial charge on any atom is 0.272 e. The van der Waals surface area contributed by atoms with E-state index in [4.69, 9.17) is 17.3 Å². The van der Waals surface area contributed by atoms with E-state index in [1.807, 2.05) is 0 Å². The Labute approximate surface area is 153 Å². The summed E-state index contributed by atoms with van der Waals surface area (Å²) < 4.78 is 13.6. The molecule has 9 heteroatoms. The smallest absolute Gasteiger partial charge is 0.272 e. The number of benzene rings is 2. The first-order valence-electron chi connectivity index (χ1n) is 7.48. The van der Waals surface area contributed by atoms with Crippen LogP contribution in [-0.4, -0.2) is 15.9 Å². The Morgan fingerprint density at radius 3 is 2.46 bits per heavy atom. The molecule has 0 aliphatic heterocycles. The van der Waals surface area contributed by atoms with E-state index in [2.05, 4.69) is 26.1 Å². The van der Waals surface area contributed by atoms with Crippen molar-refractivity contribution >= 4 is 40.5 Å². The average Bonchev–Trinajstić information content (AvgIpc) is 2.64. The number of nitrogens with two attached hydrogens (primary N) is 1. The molecular weight excluding hydrogens is 359 g/mol. The van der Waals surface area contributed by atoms with Gasteiger partial charge in [-0.2, -0.15) is 0 Å². The first-order chi connectivity index (χ1) is 12.5. The van der Waals surface area contributed by atoms with Gasteiger partial charge in [0.05, 0.1) is 5.56 Å². The molecular formula is C17H14ClFN6O. The van der Waals surface area contributed by atoms with Crippen LogP contribution in [0.3, 0.4) is 0 Å². The van der Waals surface area contributed by atoms with E-state index in [1.54, 1.807) is 30.3 Å². The predicted octanol–water partition coefficient (Wildman–Crippen LogP) is 3.35. The fourth-order valence-corrected chi connectivity index (χ4v) is 2.22. The number of halogens is 2. The van der Waals surface area contributed by atoms with Crippen LogP contribution in [0.5, 0.6) is 0 Å². The summed E-state index contributed by atoms with van der Waals surface area (Å²) in [5.41, 5.74) is 11.7. The largest absolute Gasteiger partial charge is 0.393 e. The molecule has 0 aliphatic rings. The van der Waals surface area contributed by atoms with Gasteiger partial charge in [0, 0.05) is 10.7 Å². The van der Waals surface area contributed by atoms with Crippen LogP contribution in [0.15, 0.2) is 54.9 Å². The van der Waals surface area contributed by atoms with Gasteiger partial charge in [0.1, 0.15) is 17.8 Å². The highest BCUT2D eigenvalue weighted by atomic mass is 35.5. The zero-order valence-electron chi connectivity index (χ0n) is 13.3. The van der Waals surface area contributed by atoms with Gasteiger partial charge >= 0.3 is 0 Å². The van der Waals surface area contributed by atoms with Crippen LogP contribution >= 0.6 is 11.6 Å². The molecule has 5 N–H and O–H groups in total. The van der Waals surface area contributed by atoms with Gasteiger partial charge < -0.3 is 11.1 Å². The van der Waals surface area contributed by atoms with Crippen molar-refractivity contribution in [2.75, 3.05) is 16.5 Å². The second-order valence-electron chi connectivity index (χ2n) is 5.18. The van der Waals surface area contributed by atoms with Crippen LogP contribution in [0, 0.1) is 5.82 Å². The summed E-state index contributed by atoms with van der Waals surface area (Å²) >= 11 is 5.85. The quantitative estimate of drug-likeness (QED) is 0.512. The minimum Gasteiger partial charge on any atom is -0.393 e. The average molecular weight is 373 g/mol. The molecule has 0 radical (unpaired) electrons. The Kier molecular flexibility index (Phi) is 5.14. The van der Waals surface area contributed by atoms with Crippen molar-refractivity contribution in [3.63, 3.8) is 0 Å². The Bertz CT molecular complexity index is 935. The van der Waals surface area contributed by atoms with E-state index in [-0.39, 0.29) is 17.1 Å². The zero-order chi connectivity index (χ0) is 18.5. The van der Waals surface area contributed by atoms with E-state index in [1.165, 1.54) is 24.5 Å². The van der Waals surface area contributed by atoms with Crippen LogP contribution in [0.25, 0.3) is 0 Å². The number of hydrazine groups is 1. The molecule has 1 amide bonds. The third-order valence-electron chi connectivity index (χ3n) is 3.40. The summed E-state index contributed by atoms with van der Waals surface area (Å²) in [6.45, 7) is 0. The molecule has 0 saturated carbocycles. The Morgan fingerprint density at radius 1 is 1.04 bits per heavy atom. The van der Waals surface area contributed by atoms with Gasteiger partial charge in [-0.25, -0.2) is 14.4 Å². The lowest BCUT2D eigenvalue weighted by molar-refractivity contribution is 0.0958. The van der Waals surface area contributed by atoms with E-state index < -0.39 is 11.7 Å². The highest BCUT2D eigenvalue weighted by molar-refractivity contribution is 6.30. The second kappa shape index (κ2) is 7.66. The molecule has 26 heavy (non-hydrogen) atoms. The minimum atomic E-state index is -0.659. The van der Waals surface area contributed by atoms with Crippen LogP contribution in [-0.2, 0) is 0 Å². The number of carbonyl (C=O) groups excluding carboxylic acids is 1. The molecule has 0 saturated heterocycles. The number of nitrogens with zero attached hydrogens (tertiary/aromatic N) is 2. The lowest BCUT2D eigenvalue weighted by Crippen LogP contribution is -2.31. The van der Waals surface area contributed by atoms with Crippen molar-refractivity contribution in [3.05, 3.63) is 71.3 Å². The first-order valence-corrected chi connectivity index (χ1v) is 7.86. The molecule has 3 aromatic rings. The maximum atomic E-state index is 13.6. The lowest BCUT2D eigenvalue weighted by atomic mass is 10.2. The summed E-state index contributed by atoms with van der Waals surface area (Å²) in [4.78, 5) is 20.1. The predicted molar refractivity (Wildman–Crippen MR) is 98.7 cm³/mol. The molecule has 0 spiro atoms. The third kappa shape index (κ3) is 3.98. The van der Waals surface area contributed by atoms with Crippen molar-refractivity contribution < 1.29 is 9.18 Å². The van der Waals surface area contributed by atoms with Crippen LogP contribution in [0.1, 0.15) is 10.4 Å². The molecule has 1 heterocycles. The number of hydrogen-bond donors (Lipinski definition) is 4. The Hall–Kier alpha value is -3.39. The molecule has 0 aliphatic carbocycles. The highest BCUT2D eigenvalue weighted by Crippen LogP contribution is 2.26.